The molecule has 0 N–H and O–H groups in total. The summed E-state index contributed by atoms with van der Waals surface area (Å²) in [5, 5.41) is 0. The predicted molar refractivity (Wildman–Crippen MR) is 68.4 cm³/mol. The van der Waals surface area contributed by atoms with Crippen molar-refractivity contribution in [3.05, 3.63) is 38.7 Å². The molecule has 0 unspecified atom stereocenters. The van der Waals surface area contributed by atoms with Gasteiger partial charge in [-0.2, -0.15) is 0 Å². The van der Waals surface area contributed by atoms with Gasteiger partial charge in [-0.25, -0.2) is 0 Å². The molecule has 78 valence electrons. The summed E-state index contributed by atoms with van der Waals surface area (Å²) < 4.78 is 0.163. The van der Waals surface area contributed by atoms with Crippen molar-refractivity contribution >= 4 is 26.3 Å². The van der Waals surface area contributed by atoms with Crippen molar-refractivity contribution in [3.8, 4) is 0 Å². The lowest BCUT2D eigenvalue weighted by Gasteiger charge is -1.95. The van der Waals surface area contributed by atoms with E-state index in [9.17, 15) is 4.79 Å². The van der Waals surface area contributed by atoms with Crippen LogP contribution in [0.5, 0.6) is 0 Å². The molecule has 0 saturated heterocycles. The molecule has 0 aliphatic carbocycles. The lowest BCUT2D eigenvalue weighted by molar-refractivity contribution is 1.48. The number of rotatable bonds is 2. The lowest BCUT2D eigenvalue weighted by Crippen LogP contribution is -1.94. The van der Waals surface area contributed by atoms with E-state index in [4.69, 9.17) is 0 Å². The molecule has 3 heteroatoms. The molecule has 0 amide bonds. The highest BCUT2D eigenvalue weighted by atomic mass is 32.9. The standard InChI is InChI=1S/C9H10OS2.C2H6/c1-4-7(5-2)8-6(3)9(10)12-11-8;1-2/h4-5H,1H2,2-3H3;1-2H3/b7-5+;. The summed E-state index contributed by atoms with van der Waals surface area (Å²) in [6.45, 7) is 11.5. The van der Waals surface area contributed by atoms with Gasteiger partial charge in [0.2, 0.25) is 4.74 Å². The molecule has 1 heterocycles. The van der Waals surface area contributed by atoms with Gasteiger partial charge in [-0.15, -0.1) is 0 Å². The van der Waals surface area contributed by atoms with Gasteiger partial charge in [0.05, 0.1) is 4.88 Å². The van der Waals surface area contributed by atoms with E-state index in [0.717, 1.165) is 16.0 Å². The molecule has 0 aliphatic rings. The first-order chi connectivity index (χ1) is 6.70. The van der Waals surface area contributed by atoms with Crippen LogP contribution in [0, 0.1) is 6.92 Å². The Labute approximate surface area is 92.8 Å². The normalized spacial score (nSPS) is 10.4. The van der Waals surface area contributed by atoms with Gasteiger partial charge in [0, 0.05) is 5.56 Å². The Bertz CT molecular complexity index is 369. The first-order valence-electron chi connectivity index (χ1n) is 4.59. The molecular weight excluding hydrogens is 212 g/mol. The van der Waals surface area contributed by atoms with Crippen LogP contribution in [0.3, 0.4) is 0 Å². The smallest absolute Gasteiger partial charge is 0.246 e. The van der Waals surface area contributed by atoms with E-state index in [2.05, 4.69) is 6.58 Å². The molecule has 0 saturated carbocycles. The van der Waals surface area contributed by atoms with Crippen molar-refractivity contribution in [1.29, 1.82) is 0 Å². The molecule has 0 fully saturated rings. The van der Waals surface area contributed by atoms with Crippen LogP contribution in [-0.2, 0) is 0 Å². The maximum absolute atomic E-state index is 11.1. The summed E-state index contributed by atoms with van der Waals surface area (Å²) in [6, 6.07) is 0. The summed E-state index contributed by atoms with van der Waals surface area (Å²) in [7, 11) is 2.81. The van der Waals surface area contributed by atoms with Crippen molar-refractivity contribution in [3.63, 3.8) is 0 Å². The molecule has 1 aromatic heterocycles. The molecule has 0 atom stereocenters. The maximum atomic E-state index is 11.1. The van der Waals surface area contributed by atoms with Crippen LogP contribution in [0.25, 0.3) is 5.57 Å². The third-order valence-electron chi connectivity index (χ3n) is 1.64. The summed E-state index contributed by atoms with van der Waals surface area (Å²) in [5.41, 5.74) is 1.90. The molecule has 0 bridgehead atoms. The zero-order valence-corrected chi connectivity index (χ0v) is 10.7. The van der Waals surface area contributed by atoms with Crippen molar-refractivity contribution in [2.75, 3.05) is 0 Å². The average Bonchev–Trinajstić information content (AvgIpc) is 2.55. The first-order valence-corrected chi connectivity index (χ1v) is 6.74. The van der Waals surface area contributed by atoms with Crippen LogP contribution < -0.4 is 4.74 Å². The number of hydrogen-bond donors (Lipinski definition) is 0. The Balaban J connectivity index is 0.000000791. The Morgan fingerprint density at radius 2 is 1.93 bits per heavy atom. The van der Waals surface area contributed by atoms with E-state index in [0.29, 0.717) is 0 Å². The highest BCUT2D eigenvalue weighted by molar-refractivity contribution is 7.68. The molecular formula is C11H16OS2. The van der Waals surface area contributed by atoms with Crippen LogP contribution >= 0.6 is 20.7 Å². The summed E-state index contributed by atoms with van der Waals surface area (Å²) in [6.07, 6.45) is 3.75. The van der Waals surface area contributed by atoms with Gasteiger partial charge in [-0.1, -0.05) is 42.9 Å². The highest BCUT2D eigenvalue weighted by Crippen LogP contribution is 2.25. The minimum Gasteiger partial charge on any atom is -0.277 e. The third-order valence-corrected chi connectivity index (χ3v) is 4.09. The minimum absolute atomic E-state index is 0.163. The van der Waals surface area contributed by atoms with Crippen molar-refractivity contribution in [2.24, 2.45) is 0 Å². The van der Waals surface area contributed by atoms with Gasteiger partial charge >= 0.3 is 0 Å². The maximum Gasteiger partial charge on any atom is 0.246 e. The van der Waals surface area contributed by atoms with E-state index in [-0.39, 0.29) is 4.74 Å². The van der Waals surface area contributed by atoms with E-state index in [1.807, 2.05) is 33.8 Å². The molecule has 0 radical (unpaired) electrons. The summed E-state index contributed by atoms with van der Waals surface area (Å²) in [5.74, 6) is 0. The molecule has 14 heavy (non-hydrogen) atoms. The number of allylic oxidation sites excluding steroid dienone is 3. The predicted octanol–water partition coefficient (Wildman–Crippen LogP) is 4.09. The third kappa shape index (κ3) is 2.93. The second-order valence-corrected chi connectivity index (χ2v) is 4.47. The van der Waals surface area contributed by atoms with E-state index >= 15 is 0 Å². The fourth-order valence-electron chi connectivity index (χ4n) is 0.903. The zero-order valence-electron chi connectivity index (χ0n) is 9.09. The van der Waals surface area contributed by atoms with Crippen LogP contribution in [0.1, 0.15) is 31.2 Å². The van der Waals surface area contributed by atoms with Crippen molar-refractivity contribution < 1.29 is 0 Å². The average molecular weight is 228 g/mol. The highest BCUT2D eigenvalue weighted by Gasteiger charge is 2.07. The van der Waals surface area contributed by atoms with Crippen LogP contribution in [0.4, 0.5) is 0 Å². The quantitative estimate of drug-likeness (QED) is 0.550. The second-order valence-electron chi connectivity index (χ2n) is 2.36. The van der Waals surface area contributed by atoms with Crippen LogP contribution in [-0.4, -0.2) is 0 Å². The topological polar surface area (TPSA) is 17.1 Å². The lowest BCUT2D eigenvalue weighted by atomic mass is 10.1. The fraction of sp³-hybridized carbons (Fsp3) is 0.364. The van der Waals surface area contributed by atoms with Gasteiger partial charge < -0.3 is 0 Å². The zero-order chi connectivity index (χ0) is 11.1. The van der Waals surface area contributed by atoms with Gasteiger partial charge in [0.15, 0.2) is 0 Å². The van der Waals surface area contributed by atoms with Gasteiger partial charge in [-0.05, 0) is 29.8 Å². The molecule has 1 aromatic rings. The second kappa shape index (κ2) is 6.74. The molecule has 0 aromatic carbocycles. The van der Waals surface area contributed by atoms with Gasteiger partial charge in [-0.3, -0.25) is 4.79 Å². The van der Waals surface area contributed by atoms with E-state index < -0.39 is 0 Å². The Morgan fingerprint density at radius 1 is 1.36 bits per heavy atom. The summed E-state index contributed by atoms with van der Waals surface area (Å²) in [4.78, 5) is 12.2. The van der Waals surface area contributed by atoms with E-state index in [1.165, 1.54) is 20.7 Å². The first kappa shape index (κ1) is 13.3. The Morgan fingerprint density at radius 3 is 2.21 bits per heavy atom. The Hall–Kier alpha value is -0.670. The molecule has 0 aliphatic heterocycles. The van der Waals surface area contributed by atoms with Crippen molar-refractivity contribution in [1.82, 2.24) is 0 Å². The number of hydrogen-bond acceptors (Lipinski definition) is 3. The van der Waals surface area contributed by atoms with Crippen LogP contribution in [0.2, 0.25) is 0 Å². The van der Waals surface area contributed by atoms with Crippen molar-refractivity contribution in [2.45, 2.75) is 27.7 Å². The largest absolute Gasteiger partial charge is 0.277 e. The van der Waals surface area contributed by atoms with Gasteiger partial charge in [0.1, 0.15) is 0 Å². The van der Waals surface area contributed by atoms with Gasteiger partial charge in [0.25, 0.3) is 0 Å². The SMILES string of the molecule is C=C/C(=C\C)c1ssc(=O)c1C.CC. The molecule has 0 spiro atoms. The fourth-order valence-corrected chi connectivity index (χ4v) is 3.39. The minimum atomic E-state index is 0.163. The monoisotopic (exact) mass is 228 g/mol. The van der Waals surface area contributed by atoms with Crippen LogP contribution in [0.15, 0.2) is 23.5 Å². The van der Waals surface area contributed by atoms with E-state index in [1.54, 1.807) is 6.08 Å². The summed E-state index contributed by atoms with van der Waals surface area (Å²) >= 11 is 0. The molecule has 1 rings (SSSR count). The molecule has 1 nitrogen and oxygen atoms in total. The Kier molecular flexibility index (Phi) is 6.41.